The number of epoxide rings is 2. The quantitative estimate of drug-likeness (QED) is 0.0370. The van der Waals surface area contributed by atoms with Crippen molar-refractivity contribution < 1.29 is 29.2 Å². The number of hydrogen-bond donors (Lipinski definition) is 2. The van der Waals surface area contributed by atoms with Gasteiger partial charge in [0.05, 0.1) is 26.4 Å². The third kappa shape index (κ3) is 23.6. The molecule has 2 saturated heterocycles. The molecule has 2 heterocycles. The number of ether oxygens (including phenoxy) is 4. The Balaban J connectivity index is 1.45. The second-order valence-corrected chi connectivity index (χ2v) is 18.3. The Morgan fingerprint density at radius 2 is 0.887 bits per heavy atom. The molecule has 0 radical (unpaired) electrons. The van der Waals surface area contributed by atoms with Gasteiger partial charge in [0.2, 0.25) is 0 Å². The maximum atomic E-state index is 10.1. The van der Waals surface area contributed by atoms with Crippen molar-refractivity contribution in [3.8, 4) is 0 Å². The summed E-state index contributed by atoms with van der Waals surface area (Å²) >= 11 is 0. The van der Waals surface area contributed by atoms with E-state index >= 15 is 0 Å². The molecular weight excluding hydrogens is 661 g/mol. The summed E-state index contributed by atoms with van der Waals surface area (Å²) in [4.78, 5) is 0. The maximum absolute atomic E-state index is 10.1. The number of aliphatic hydroxyl groups is 2. The third-order valence-corrected chi connectivity index (χ3v) is 13.2. The smallest absolute Gasteiger partial charge is 0.154 e. The molecular formula is C47H90O6. The highest BCUT2D eigenvalue weighted by Crippen LogP contribution is 2.52. The van der Waals surface area contributed by atoms with Gasteiger partial charge in [0, 0.05) is 0 Å². The highest BCUT2D eigenvalue weighted by Gasteiger charge is 2.43. The summed E-state index contributed by atoms with van der Waals surface area (Å²) in [5, 5.41) is 20.2. The second kappa shape index (κ2) is 29.9. The Morgan fingerprint density at radius 3 is 1.40 bits per heavy atom. The average molecular weight is 751 g/mol. The molecule has 0 bridgehead atoms. The molecule has 6 heteroatoms. The number of hydrogen-bond acceptors (Lipinski definition) is 6. The molecule has 0 aromatic carbocycles. The van der Waals surface area contributed by atoms with E-state index in [0.29, 0.717) is 13.2 Å². The predicted molar refractivity (Wildman–Crippen MR) is 221 cm³/mol. The van der Waals surface area contributed by atoms with Crippen LogP contribution in [0, 0.1) is 35.5 Å². The van der Waals surface area contributed by atoms with E-state index in [1.54, 1.807) is 0 Å². The monoisotopic (exact) mass is 751 g/mol. The molecule has 314 valence electrons. The molecule has 2 N–H and O–H groups in total. The van der Waals surface area contributed by atoms with Gasteiger partial charge < -0.3 is 29.2 Å². The van der Waals surface area contributed by atoms with E-state index in [-0.39, 0.29) is 12.2 Å². The van der Waals surface area contributed by atoms with Crippen LogP contribution in [0.1, 0.15) is 214 Å². The van der Waals surface area contributed by atoms with Crippen LogP contribution in [-0.4, -0.2) is 61.4 Å². The van der Waals surface area contributed by atoms with Gasteiger partial charge in [-0.05, 0) is 74.0 Å². The van der Waals surface area contributed by atoms with E-state index in [1.807, 2.05) is 0 Å². The topological polar surface area (TPSA) is 84.0 Å². The van der Waals surface area contributed by atoms with Crippen LogP contribution in [-0.2, 0) is 18.9 Å². The lowest BCUT2D eigenvalue weighted by Gasteiger charge is -2.50. The van der Waals surface area contributed by atoms with Crippen molar-refractivity contribution >= 4 is 0 Å². The summed E-state index contributed by atoms with van der Waals surface area (Å²) < 4.78 is 21.4. The van der Waals surface area contributed by atoms with Gasteiger partial charge in [0.15, 0.2) is 12.6 Å². The summed E-state index contributed by atoms with van der Waals surface area (Å²) in [6.07, 6.45) is 37.3. The lowest BCUT2D eigenvalue weighted by molar-refractivity contribution is -0.108. The van der Waals surface area contributed by atoms with E-state index in [2.05, 4.69) is 27.7 Å². The summed E-state index contributed by atoms with van der Waals surface area (Å²) in [7, 11) is 0. The number of aliphatic hydroxyl groups excluding tert-OH is 2. The first-order chi connectivity index (χ1) is 25.9. The van der Waals surface area contributed by atoms with Crippen LogP contribution >= 0.6 is 0 Å². The SMILES string of the molecule is CCCCCC(C)CCCCC(CCCCCCCC(O)OCC1CO1)C1C(CCCCCCCC(O)OCC2CO2)CC1CCC(C)CCCCC. The molecule has 3 fully saturated rings. The molecule has 0 spiro atoms. The number of rotatable bonds is 39. The summed E-state index contributed by atoms with van der Waals surface area (Å²) in [5.41, 5.74) is 0. The van der Waals surface area contributed by atoms with Crippen LogP contribution in [0.4, 0.5) is 0 Å². The van der Waals surface area contributed by atoms with Gasteiger partial charge in [0.1, 0.15) is 12.2 Å². The zero-order chi connectivity index (χ0) is 37.9. The van der Waals surface area contributed by atoms with Gasteiger partial charge in [-0.2, -0.15) is 0 Å². The van der Waals surface area contributed by atoms with Gasteiger partial charge in [-0.3, -0.25) is 0 Å². The maximum Gasteiger partial charge on any atom is 0.154 e. The molecule has 2 aliphatic heterocycles. The van der Waals surface area contributed by atoms with Crippen LogP contribution in [0.15, 0.2) is 0 Å². The van der Waals surface area contributed by atoms with Gasteiger partial charge in [-0.1, -0.05) is 175 Å². The highest BCUT2D eigenvalue weighted by atomic mass is 16.6. The van der Waals surface area contributed by atoms with E-state index < -0.39 is 12.6 Å². The Labute approximate surface area is 329 Å². The Morgan fingerprint density at radius 1 is 0.491 bits per heavy atom. The fraction of sp³-hybridized carbons (Fsp3) is 1.00. The van der Waals surface area contributed by atoms with Crippen LogP contribution in [0.2, 0.25) is 0 Å². The first kappa shape index (κ1) is 47.1. The lowest BCUT2D eigenvalue weighted by atomic mass is 9.55. The average Bonchev–Trinajstić information content (AvgIpc) is 4.07. The van der Waals surface area contributed by atoms with Crippen LogP contribution < -0.4 is 0 Å². The lowest BCUT2D eigenvalue weighted by Crippen LogP contribution is -2.42. The van der Waals surface area contributed by atoms with Crippen molar-refractivity contribution in [1.29, 1.82) is 0 Å². The van der Waals surface area contributed by atoms with Gasteiger partial charge in [-0.25, -0.2) is 0 Å². The van der Waals surface area contributed by atoms with E-state index in [0.717, 1.165) is 74.4 Å². The second-order valence-electron chi connectivity index (χ2n) is 18.3. The van der Waals surface area contributed by atoms with Crippen LogP contribution in [0.5, 0.6) is 0 Å². The van der Waals surface area contributed by atoms with E-state index in [1.165, 1.54) is 161 Å². The van der Waals surface area contributed by atoms with Crippen molar-refractivity contribution in [2.24, 2.45) is 35.5 Å². The summed E-state index contributed by atoms with van der Waals surface area (Å²) in [5.74, 6) is 5.52. The van der Waals surface area contributed by atoms with Crippen LogP contribution in [0.3, 0.4) is 0 Å². The standard InChI is InChI=1S/C47H90O6/c1-5-7-15-23-38(3)25-21-22-27-40(26-17-11-9-13-19-29-45(48)52-36-43-34-50-43)47-41(33-42(47)32-31-39(4)24-16-8-6-2)28-18-12-10-14-20-30-46(49)53-37-44-35-51-44/h38-49H,5-37H2,1-4H3. The molecule has 6 nitrogen and oxygen atoms in total. The first-order valence-electron chi connectivity index (χ1n) is 23.7. The molecule has 0 aromatic rings. The summed E-state index contributed by atoms with van der Waals surface area (Å²) in [6, 6.07) is 0. The zero-order valence-electron chi connectivity index (χ0n) is 35.6. The molecule has 53 heavy (non-hydrogen) atoms. The van der Waals surface area contributed by atoms with Crippen molar-refractivity contribution in [3.63, 3.8) is 0 Å². The fourth-order valence-corrected chi connectivity index (χ4v) is 9.43. The molecule has 1 aliphatic carbocycles. The minimum Gasteiger partial charge on any atom is -0.371 e. The van der Waals surface area contributed by atoms with Crippen molar-refractivity contribution in [1.82, 2.24) is 0 Å². The Bertz CT molecular complexity index is 832. The van der Waals surface area contributed by atoms with Gasteiger partial charge in [-0.15, -0.1) is 0 Å². The molecule has 1 saturated carbocycles. The molecule has 0 amide bonds. The number of unbranched alkanes of at least 4 members (excludes halogenated alkanes) is 13. The van der Waals surface area contributed by atoms with Crippen molar-refractivity contribution in [2.75, 3.05) is 26.4 Å². The molecule has 3 rings (SSSR count). The Kier molecular flexibility index (Phi) is 26.6. The van der Waals surface area contributed by atoms with E-state index in [9.17, 15) is 10.2 Å². The first-order valence-corrected chi connectivity index (χ1v) is 23.7. The van der Waals surface area contributed by atoms with Gasteiger partial charge >= 0.3 is 0 Å². The molecule has 10 atom stereocenters. The van der Waals surface area contributed by atoms with Gasteiger partial charge in [0.25, 0.3) is 0 Å². The van der Waals surface area contributed by atoms with Crippen LogP contribution in [0.25, 0.3) is 0 Å². The normalized spacial score (nSPS) is 25.1. The third-order valence-electron chi connectivity index (χ3n) is 13.2. The highest BCUT2D eigenvalue weighted by molar-refractivity contribution is 4.93. The molecule has 10 unspecified atom stereocenters. The Hall–Kier alpha value is -0.240. The van der Waals surface area contributed by atoms with Crippen molar-refractivity contribution in [2.45, 2.75) is 239 Å². The minimum absolute atomic E-state index is 0.222. The van der Waals surface area contributed by atoms with Crippen molar-refractivity contribution in [3.05, 3.63) is 0 Å². The molecule has 3 aliphatic rings. The van der Waals surface area contributed by atoms with E-state index in [4.69, 9.17) is 18.9 Å². The zero-order valence-corrected chi connectivity index (χ0v) is 35.6. The largest absolute Gasteiger partial charge is 0.371 e. The minimum atomic E-state index is -0.625. The molecule has 0 aromatic heterocycles. The summed E-state index contributed by atoms with van der Waals surface area (Å²) in [6.45, 7) is 12.3. The fourth-order valence-electron chi connectivity index (χ4n) is 9.43. The predicted octanol–water partition coefficient (Wildman–Crippen LogP) is 12.6.